The molecule has 122 valence electrons. The van der Waals surface area contributed by atoms with Gasteiger partial charge in [-0.25, -0.2) is 9.07 Å². The lowest BCUT2D eigenvalue weighted by molar-refractivity contribution is -0.116. The second kappa shape index (κ2) is 6.07. The van der Waals surface area contributed by atoms with E-state index in [1.807, 2.05) is 11.8 Å². The number of rotatable bonds is 3. The van der Waals surface area contributed by atoms with E-state index in [1.165, 1.54) is 12.1 Å². The van der Waals surface area contributed by atoms with Crippen LogP contribution in [0.3, 0.4) is 0 Å². The lowest BCUT2D eigenvalue weighted by Gasteiger charge is -2.23. The summed E-state index contributed by atoms with van der Waals surface area (Å²) in [7, 11) is 0. The molecule has 1 fully saturated rings. The van der Waals surface area contributed by atoms with Crippen LogP contribution in [0.4, 0.5) is 10.1 Å². The lowest BCUT2D eigenvalue weighted by atomic mass is 10.1. The normalized spacial score (nSPS) is 21.5. The number of halogens is 2. The minimum atomic E-state index is -0.280. The summed E-state index contributed by atoms with van der Waals surface area (Å²) in [5.41, 5.74) is 2.58. The van der Waals surface area contributed by atoms with Crippen LogP contribution < -0.4 is 4.90 Å². The first-order valence-electron chi connectivity index (χ1n) is 7.71. The van der Waals surface area contributed by atoms with Crippen LogP contribution in [-0.4, -0.2) is 26.6 Å². The fraction of sp³-hybridized carbons (Fsp3) is 0.412. The Bertz CT molecular complexity index is 726. The topological polar surface area (TPSA) is 38.1 Å². The Kier molecular flexibility index (Phi) is 4.27. The maximum absolute atomic E-state index is 13.2. The standard InChI is InChI=1S/C17H19BrFN3O/c1-10(2)16-15(21-11(3)8-14(18)17(21)23)9-20-22(16)13-6-4-12(19)5-7-13/h4-7,9-11,14H,8H2,1-3H3. The Labute approximate surface area is 143 Å². The molecule has 23 heavy (non-hydrogen) atoms. The average Bonchev–Trinajstić information content (AvgIpc) is 3.02. The zero-order chi connectivity index (χ0) is 16.7. The monoisotopic (exact) mass is 379 g/mol. The molecule has 1 aromatic carbocycles. The molecule has 2 heterocycles. The first kappa shape index (κ1) is 16.2. The van der Waals surface area contributed by atoms with Crippen molar-refractivity contribution in [3.8, 4) is 5.69 Å². The van der Waals surface area contributed by atoms with Crippen LogP contribution in [0, 0.1) is 5.82 Å². The van der Waals surface area contributed by atoms with E-state index >= 15 is 0 Å². The molecule has 1 aliphatic rings. The summed E-state index contributed by atoms with van der Waals surface area (Å²) in [5, 5.41) is 4.46. The molecule has 1 saturated heterocycles. The van der Waals surface area contributed by atoms with E-state index in [9.17, 15) is 9.18 Å². The van der Waals surface area contributed by atoms with Crippen molar-refractivity contribution in [1.29, 1.82) is 0 Å². The SMILES string of the molecule is CC(C)c1c(N2C(=O)C(Br)CC2C)cnn1-c1ccc(F)cc1. The molecule has 4 nitrogen and oxygen atoms in total. The van der Waals surface area contributed by atoms with Crippen molar-refractivity contribution in [3.63, 3.8) is 0 Å². The Morgan fingerprint density at radius 3 is 2.48 bits per heavy atom. The summed E-state index contributed by atoms with van der Waals surface area (Å²) in [6.45, 7) is 6.17. The summed E-state index contributed by atoms with van der Waals surface area (Å²) < 4.78 is 15.0. The number of aromatic nitrogens is 2. The number of amides is 1. The molecule has 1 aromatic heterocycles. The summed E-state index contributed by atoms with van der Waals surface area (Å²) in [5.74, 6) is -0.0392. The smallest absolute Gasteiger partial charge is 0.241 e. The van der Waals surface area contributed by atoms with Crippen molar-refractivity contribution in [1.82, 2.24) is 9.78 Å². The number of hydrogen-bond acceptors (Lipinski definition) is 2. The third-order valence-electron chi connectivity index (χ3n) is 4.16. The zero-order valence-electron chi connectivity index (χ0n) is 13.3. The maximum Gasteiger partial charge on any atom is 0.241 e. The Morgan fingerprint density at radius 2 is 1.96 bits per heavy atom. The van der Waals surface area contributed by atoms with Crippen LogP contribution >= 0.6 is 15.9 Å². The van der Waals surface area contributed by atoms with E-state index < -0.39 is 0 Å². The minimum Gasteiger partial charge on any atom is -0.305 e. The predicted molar refractivity (Wildman–Crippen MR) is 91.9 cm³/mol. The number of carbonyl (C=O) groups is 1. The molecule has 0 radical (unpaired) electrons. The van der Waals surface area contributed by atoms with Gasteiger partial charge in [0, 0.05) is 6.04 Å². The highest BCUT2D eigenvalue weighted by molar-refractivity contribution is 9.10. The van der Waals surface area contributed by atoms with Crippen molar-refractivity contribution in [2.24, 2.45) is 0 Å². The number of benzene rings is 1. The highest BCUT2D eigenvalue weighted by Gasteiger charge is 2.38. The molecule has 1 amide bonds. The summed E-state index contributed by atoms with van der Waals surface area (Å²) >= 11 is 3.44. The average molecular weight is 380 g/mol. The van der Waals surface area contributed by atoms with Gasteiger partial charge in [-0.05, 0) is 43.5 Å². The van der Waals surface area contributed by atoms with E-state index in [0.29, 0.717) is 0 Å². The number of alkyl halides is 1. The van der Waals surface area contributed by atoms with Gasteiger partial charge >= 0.3 is 0 Å². The summed E-state index contributed by atoms with van der Waals surface area (Å²) in [6.07, 6.45) is 2.51. The molecular weight excluding hydrogens is 361 g/mol. The fourth-order valence-electron chi connectivity index (χ4n) is 3.09. The van der Waals surface area contributed by atoms with Crippen LogP contribution in [0.2, 0.25) is 0 Å². The largest absolute Gasteiger partial charge is 0.305 e. The minimum absolute atomic E-state index is 0.0676. The Morgan fingerprint density at radius 1 is 1.30 bits per heavy atom. The number of hydrogen-bond donors (Lipinski definition) is 0. The summed E-state index contributed by atoms with van der Waals surface area (Å²) in [4.78, 5) is 14.1. The van der Waals surface area contributed by atoms with E-state index in [4.69, 9.17) is 0 Å². The van der Waals surface area contributed by atoms with Crippen LogP contribution in [-0.2, 0) is 4.79 Å². The number of nitrogens with zero attached hydrogens (tertiary/aromatic N) is 3. The van der Waals surface area contributed by atoms with E-state index in [-0.39, 0.29) is 28.5 Å². The highest BCUT2D eigenvalue weighted by atomic mass is 79.9. The van der Waals surface area contributed by atoms with Gasteiger partial charge in [-0.15, -0.1) is 0 Å². The first-order chi connectivity index (χ1) is 10.9. The van der Waals surface area contributed by atoms with Crippen LogP contribution in [0.1, 0.15) is 38.8 Å². The molecule has 2 atom stereocenters. The molecule has 3 rings (SSSR count). The molecule has 0 N–H and O–H groups in total. The van der Waals surface area contributed by atoms with Gasteiger partial charge < -0.3 is 4.90 Å². The van der Waals surface area contributed by atoms with Gasteiger partial charge in [0.2, 0.25) is 5.91 Å². The quantitative estimate of drug-likeness (QED) is 0.755. The van der Waals surface area contributed by atoms with Gasteiger partial charge in [-0.2, -0.15) is 5.10 Å². The second-order valence-electron chi connectivity index (χ2n) is 6.22. The molecule has 2 unspecified atom stereocenters. The maximum atomic E-state index is 13.2. The van der Waals surface area contributed by atoms with Crippen molar-refractivity contribution >= 4 is 27.5 Å². The third-order valence-corrected chi connectivity index (χ3v) is 4.92. The van der Waals surface area contributed by atoms with Gasteiger partial charge in [0.05, 0.1) is 28.1 Å². The molecule has 0 bridgehead atoms. The van der Waals surface area contributed by atoms with E-state index in [0.717, 1.165) is 23.5 Å². The van der Waals surface area contributed by atoms with E-state index in [1.54, 1.807) is 23.0 Å². The second-order valence-corrected chi connectivity index (χ2v) is 7.32. The Balaban J connectivity index is 2.09. The molecule has 0 saturated carbocycles. The zero-order valence-corrected chi connectivity index (χ0v) is 14.9. The van der Waals surface area contributed by atoms with Crippen molar-refractivity contribution in [2.75, 3.05) is 4.90 Å². The fourth-order valence-corrected chi connectivity index (χ4v) is 3.85. The third kappa shape index (κ3) is 2.80. The predicted octanol–water partition coefficient (Wildman–Crippen LogP) is 4.02. The Hall–Kier alpha value is -1.69. The van der Waals surface area contributed by atoms with Gasteiger partial charge in [-0.3, -0.25) is 4.79 Å². The van der Waals surface area contributed by atoms with Gasteiger partial charge in [0.1, 0.15) is 5.82 Å². The molecule has 0 aliphatic carbocycles. The number of anilines is 1. The van der Waals surface area contributed by atoms with Crippen LogP contribution in [0.15, 0.2) is 30.5 Å². The van der Waals surface area contributed by atoms with Gasteiger partial charge in [0.25, 0.3) is 0 Å². The molecule has 2 aromatic rings. The van der Waals surface area contributed by atoms with Gasteiger partial charge in [-0.1, -0.05) is 29.8 Å². The highest BCUT2D eigenvalue weighted by Crippen LogP contribution is 2.36. The molecule has 0 spiro atoms. The molecule has 1 aliphatic heterocycles. The van der Waals surface area contributed by atoms with Crippen molar-refractivity contribution in [3.05, 3.63) is 42.0 Å². The van der Waals surface area contributed by atoms with Crippen molar-refractivity contribution in [2.45, 2.75) is 44.0 Å². The number of carbonyl (C=O) groups excluding carboxylic acids is 1. The van der Waals surface area contributed by atoms with Crippen molar-refractivity contribution < 1.29 is 9.18 Å². The van der Waals surface area contributed by atoms with Gasteiger partial charge in [0.15, 0.2) is 0 Å². The summed E-state index contributed by atoms with van der Waals surface area (Å²) in [6, 6.07) is 6.34. The molecular formula is C17H19BrFN3O. The lowest BCUT2D eigenvalue weighted by Crippen LogP contribution is -2.33. The van der Waals surface area contributed by atoms with E-state index in [2.05, 4.69) is 34.9 Å². The molecule has 6 heteroatoms. The first-order valence-corrected chi connectivity index (χ1v) is 8.62. The van der Waals surface area contributed by atoms with Crippen LogP contribution in [0.5, 0.6) is 0 Å². The van der Waals surface area contributed by atoms with Crippen LogP contribution in [0.25, 0.3) is 5.69 Å².